The van der Waals surface area contributed by atoms with Crippen molar-refractivity contribution in [3.8, 4) is 0 Å². The summed E-state index contributed by atoms with van der Waals surface area (Å²) < 4.78 is 0. The molecule has 108 valence electrons. The third-order valence-electron chi connectivity index (χ3n) is 2.85. The third-order valence-corrected chi connectivity index (χ3v) is 2.85. The first-order valence-electron chi connectivity index (χ1n) is 7.04. The molecule has 0 aliphatic heterocycles. The second kappa shape index (κ2) is 5.73. The van der Waals surface area contributed by atoms with E-state index in [1.807, 2.05) is 20.8 Å². The minimum Gasteiger partial charge on any atom is -0.303 e. The monoisotopic (exact) mass is 255 g/mol. The Morgan fingerprint density at radius 1 is 0.944 bits per heavy atom. The summed E-state index contributed by atoms with van der Waals surface area (Å²) in [5.74, 6) is 0.321. The van der Waals surface area contributed by atoms with Gasteiger partial charge in [0.15, 0.2) is 5.78 Å². The maximum absolute atomic E-state index is 12.5. The fourth-order valence-corrected chi connectivity index (χ4v) is 1.89. The molecule has 0 aromatic rings. The van der Waals surface area contributed by atoms with E-state index in [4.69, 9.17) is 0 Å². The van der Waals surface area contributed by atoms with Crippen molar-refractivity contribution in [1.29, 1.82) is 0 Å². The highest BCUT2D eigenvalue weighted by Gasteiger charge is 2.32. The van der Waals surface area contributed by atoms with Crippen molar-refractivity contribution in [2.75, 3.05) is 0 Å². The Hall–Kier alpha value is -0.370. The molecule has 0 radical (unpaired) electrons. The predicted molar refractivity (Wildman–Crippen MR) is 79.8 cm³/mol. The predicted octanol–water partition coefficient (Wildman–Crippen LogP) is 4.18. The lowest BCUT2D eigenvalue weighted by atomic mass is 9.81. The van der Waals surface area contributed by atoms with Gasteiger partial charge in [-0.25, -0.2) is 0 Å². The van der Waals surface area contributed by atoms with Crippen LogP contribution in [0.25, 0.3) is 0 Å². The standard InChI is InChI=1S/C16H33NO/c1-14(2,3)11-10-12(17-16(7,8)9)13(18)15(4,5)6/h12,17H,10-11H2,1-9H3. The average Bonchev–Trinajstić information content (AvgIpc) is 2.06. The van der Waals surface area contributed by atoms with Crippen LogP contribution in [0.5, 0.6) is 0 Å². The SMILES string of the molecule is CC(C)(C)CCC(NC(C)(C)C)C(=O)C(C)(C)C. The van der Waals surface area contributed by atoms with Crippen molar-refractivity contribution in [3.63, 3.8) is 0 Å². The zero-order valence-corrected chi connectivity index (χ0v) is 13.9. The van der Waals surface area contributed by atoms with Gasteiger partial charge < -0.3 is 5.32 Å². The molecule has 0 heterocycles. The molecule has 0 fully saturated rings. The molecule has 1 unspecified atom stereocenters. The lowest BCUT2D eigenvalue weighted by Gasteiger charge is -2.33. The van der Waals surface area contributed by atoms with Crippen molar-refractivity contribution in [3.05, 3.63) is 0 Å². The molecule has 0 rings (SSSR count). The number of carbonyl (C=O) groups is 1. The highest BCUT2D eigenvalue weighted by Crippen LogP contribution is 2.26. The van der Waals surface area contributed by atoms with Gasteiger partial charge in [-0.2, -0.15) is 0 Å². The molecule has 0 aromatic heterocycles. The van der Waals surface area contributed by atoms with Crippen molar-refractivity contribution in [2.24, 2.45) is 10.8 Å². The van der Waals surface area contributed by atoms with Crippen LogP contribution in [0.1, 0.15) is 75.2 Å². The van der Waals surface area contributed by atoms with E-state index in [1.54, 1.807) is 0 Å². The Morgan fingerprint density at radius 2 is 1.39 bits per heavy atom. The van der Waals surface area contributed by atoms with Crippen LogP contribution in [0.3, 0.4) is 0 Å². The molecule has 0 amide bonds. The highest BCUT2D eigenvalue weighted by atomic mass is 16.1. The summed E-state index contributed by atoms with van der Waals surface area (Å²) in [4.78, 5) is 12.5. The molecule has 0 saturated carbocycles. The van der Waals surface area contributed by atoms with Gasteiger partial charge in [-0.05, 0) is 39.0 Å². The zero-order valence-electron chi connectivity index (χ0n) is 13.9. The van der Waals surface area contributed by atoms with Crippen LogP contribution < -0.4 is 5.32 Å². The normalized spacial score (nSPS) is 15.6. The lowest BCUT2D eigenvalue weighted by Crippen LogP contribution is -2.51. The van der Waals surface area contributed by atoms with Crippen molar-refractivity contribution >= 4 is 5.78 Å². The zero-order chi connectivity index (χ0) is 14.8. The van der Waals surface area contributed by atoms with E-state index in [2.05, 4.69) is 46.9 Å². The van der Waals surface area contributed by atoms with Gasteiger partial charge in [-0.3, -0.25) is 4.79 Å². The number of rotatable bonds is 4. The van der Waals surface area contributed by atoms with Gasteiger partial charge in [0.2, 0.25) is 0 Å². The first-order chi connectivity index (χ1) is 7.72. The number of hydrogen-bond acceptors (Lipinski definition) is 2. The fraction of sp³-hybridized carbons (Fsp3) is 0.938. The molecule has 2 nitrogen and oxygen atoms in total. The molecule has 0 aromatic carbocycles. The maximum Gasteiger partial charge on any atom is 0.155 e. The smallest absolute Gasteiger partial charge is 0.155 e. The molecule has 1 N–H and O–H groups in total. The van der Waals surface area contributed by atoms with E-state index in [0.717, 1.165) is 12.8 Å². The van der Waals surface area contributed by atoms with Gasteiger partial charge in [0, 0.05) is 11.0 Å². The molecule has 0 spiro atoms. The molecule has 0 aliphatic carbocycles. The summed E-state index contributed by atoms with van der Waals surface area (Å²) in [7, 11) is 0. The lowest BCUT2D eigenvalue weighted by molar-refractivity contribution is -0.129. The second-order valence-corrected chi connectivity index (χ2v) is 8.66. The van der Waals surface area contributed by atoms with Crippen molar-refractivity contribution in [1.82, 2.24) is 5.32 Å². The number of carbonyl (C=O) groups excluding carboxylic acids is 1. The Balaban J connectivity index is 4.80. The first kappa shape index (κ1) is 17.6. The Bertz CT molecular complexity index is 273. The molecule has 2 heteroatoms. The number of hydrogen-bond donors (Lipinski definition) is 1. The number of Topliss-reactive ketones (excluding diaryl/α,β-unsaturated/α-hetero) is 1. The Labute approximate surface area is 114 Å². The van der Waals surface area contributed by atoms with E-state index in [1.165, 1.54) is 0 Å². The molecule has 0 saturated heterocycles. The van der Waals surface area contributed by atoms with Gasteiger partial charge in [-0.1, -0.05) is 41.5 Å². The quantitative estimate of drug-likeness (QED) is 0.816. The van der Waals surface area contributed by atoms with Crippen LogP contribution in [-0.4, -0.2) is 17.4 Å². The topological polar surface area (TPSA) is 29.1 Å². The second-order valence-electron chi connectivity index (χ2n) is 8.66. The van der Waals surface area contributed by atoms with E-state index >= 15 is 0 Å². The number of ketones is 1. The summed E-state index contributed by atoms with van der Waals surface area (Å²) in [6.45, 7) is 19.0. The van der Waals surface area contributed by atoms with Crippen LogP contribution in [0.2, 0.25) is 0 Å². The van der Waals surface area contributed by atoms with Gasteiger partial charge in [-0.15, -0.1) is 0 Å². The van der Waals surface area contributed by atoms with E-state index in [0.29, 0.717) is 5.78 Å². The van der Waals surface area contributed by atoms with Crippen LogP contribution >= 0.6 is 0 Å². The van der Waals surface area contributed by atoms with Crippen molar-refractivity contribution < 1.29 is 4.79 Å². The fourth-order valence-electron chi connectivity index (χ4n) is 1.89. The average molecular weight is 255 g/mol. The molecule has 0 aliphatic rings. The van der Waals surface area contributed by atoms with Gasteiger partial charge in [0.25, 0.3) is 0 Å². The highest BCUT2D eigenvalue weighted by molar-refractivity contribution is 5.88. The maximum atomic E-state index is 12.5. The van der Waals surface area contributed by atoms with Crippen molar-refractivity contribution in [2.45, 2.75) is 86.7 Å². The molecule has 1 atom stereocenters. The summed E-state index contributed by atoms with van der Waals surface area (Å²) in [5.41, 5.74) is -0.0275. The van der Waals surface area contributed by atoms with Crippen LogP contribution in [-0.2, 0) is 4.79 Å². The molecule has 18 heavy (non-hydrogen) atoms. The van der Waals surface area contributed by atoms with Crippen LogP contribution in [0, 0.1) is 10.8 Å². The number of nitrogens with one attached hydrogen (secondary N) is 1. The minimum absolute atomic E-state index is 0.0243. The third kappa shape index (κ3) is 7.86. The van der Waals surface area contributed by atoms with E-state index < -0.39 is 0 Å². The minimum atomic E-state index is -0.277. The Kier molecular flexibility index (Phi) is 5.61. The summed E-state index contributed by atoms with van der Waals surface area (Å²) in [5, 5.41) is 3.49. The van der Waals surface area contributed by atoms with Crippen LogP contribution in [0.15, 0.2) is 0 Å². The largest absolute Gasteiger partial charge is 0.303 e. The van der Waals surface area contributed by atoms with E-state index in [9.17, 15) is 4.79 Å². The van der Waals surface area contributed by atoms with Gasteiger partial charge >= 0.3 is 0 Å². The van der Waals surface area contributed by atoms with Gasteiger partial charge in [0.05, 0.1) is 6.04 Å². The van der Waals surface area contributed by atoms with Crippen LogP contribution in [0.4, 0.5) is 0 Å². The summed E-state index contributed by atoms with van der Waals surface area (Å²) in [6, 6.07) is -0.0378. The molecular weight excluding hydrogens is 222 g/mol. The van der Waals surface area contributed by atoms with Gasteiger partial charge in [0.1, 0.15) is 0 Å². The summed E-state index contributed by atoms with van der Waals surface area (Å²) >= 11 is 0. The Morgan fingerprint density at radius 3 is 1.67 bits per heavy atom. The van der Waals surface area contributed by atoms with E-state index in [-0.39, 0.29) is 22.4 Å². The molecule has 0 bridgehead atoms. The molecular formula is C16H33NO. The summed E-state index contributed by atoms with van der Waals surface area (Å²) in [6.07, 6.45) is 1.97. The first-order valence-corrected chi connectivity index (χ1v) is 7.04.